The Bertz CT molecular complexity index is 365. The zero-order valence-corrected chi connectivity index (χ0v) is 7.84. The second kappa shape index (κ2) is 2.87. The molecule has 5 nitrogen and oxygen atoms in total. The van der Waals surface area contributed by atoms with Gasteiger partial charge in [-0.15, -0.1) is 0 Å². The monoisotopic (exact) mass is 188 g/mol. The summed E-state index contributed by atoms with van der Waals surface area (Å²) in [6.45, 7) is 3.93. The third-order valence-corrected chi connectivity index (χ3v) is 2.32. The Morgan fingerprint density at radius 1 is 1.75 bits per heavy atom. The maximum absolute atomic E-state index is 11.0. The van der Waals surface area contributed by atoms with Gasteiger partial charge in [0.15, 0.2) is 14.9 Å². The zero-order chi connectivity index (χ0) is 9.35. The summed E-state index contributed by atoms with van der Waals surface area (Å²) in [6.07, 6.45) is 3.07. The molecule has 1 atom stereocenters. The molecule has 6 heteroatoms. The fraction of sp³-hybridized carbons (Fsp3) is 0.500. The molecule has 3 N–H and O–H groups in total. The first-order valence-corrected chi connectivity index (χ1v) is 5.13. The van der Waals surface area contributed by atoms with Crippen LogP contribution in [0.3, 0.4) is 0 Å². The van der Waals surface area contributed by atoms with Crippen LogP contribution in [-0.4, -0.2) is 13.8 Å². The summed E-state index contributed by atoms with van der Waals surface area (Å²) in [5.41, 5.74) is 0. The molecule has 0 aliphatic carbocycles. The minimum absolute atomic E-state index is 0.135. The van der Waals surface area contributed by atoms with Crippen LogP contribution in [0.1, 0.15) is 19.9 Å². The van der Waals surface area contributed by atoms with Crippen molar-refractivity contribution in [1.29, 1.82) is 4.78 Å². The Kier molecular flexibility index (Phi) is 2.20. The van der Waals surface area contributed by atoms with Crippen LogP contribution in [0, 0.1) is 4.78 Å². The van der Waals surface area contributed by atoms with Crippen molar-refractivity contribution in [1.82, 2.24) is 9.55 Å². The Morgan fingerprint density at radius 2 is 2.33 bits per heavy atom. The second-order valence-electron chi connectivity index (χ2n) is 2.85. The molecule has 0 aliphatic heterocycles. The highest BCUT2D eigenvalue weighted by Crippen LogP contribution is 2.08. The Morgan fingerprint density at radius 3 is 2.58 bits per heavy atom. The van der Waals surface area contributed by atoms with Crippen molar-refractivity contribution in [2.24, 2.45) is 5.14 Å². The molecule has 1 aromatic rings. The fourth-order valence-corrected chi connectivity index (χ4v) is 1.24. The Balaban J connectivity index is 3.09. The largest absolute Gasteiger partial charge is 0.334 e. The Hall–Kier alpha value is -0.880. The van der Waals surface area contributed by atoms with E-state index < -0.39 is 9.92 Å². The molecule has 68 valence electrons. The molecule has 0 amide bonds. The predicted molar refractivity (Wildman–Crippen MR) is 45.9 cm³/mol. The lowest BCUT2D eigenvalue weighted by Crippen LogP contribution is -2.10. The minimum Gasteiger partial charge on any atom is -0.334 e. The average molecular weight is 188 g/mol. The van der Waals surface area contributed by atoms with Crippen LogP contribution in [0.25, 0.3) is 0 Å². The van der Waals surface area contributed by atoms with Crippen molar-refractivity contribution < 1.29 is 4.21 Å². The van der Waals surface area contributed by atoms with Gasteiger partial charge in [-0.25, -0.2) is 19.1 Å². The van der Waals surface area contributed by atoms with Crippen molar-refractivity contribution in [2.45, 2.75) is 24.9 Å². The van der Waals surface area contributed by atoms with E-state index in [1.165, 1.54) is 6.33 Å². The average Bonchev–Trinajstić information content (AvgIpc) is 2.30. The van der Waals surface area contributed by atoms with E-state index in [1.807, 2.05) is 13.8 Å². The van der Waals surface area contributed by atoms with E-state index in [-0.39, 0.29) is 11.1 Å². The smallest absolute Gasteiger partial charge is 0.167 e. The molecular formula is C6H12N4OS. The molecule has 0 bridgehead atoms. The summed E-state index contributed by atoms with van der Waals surface area (Å²) >= 11 is 0. The number of imidazole rings is 1. The molecule has 0 aromatic carbocycles. The summed E-state index contributed by atoms with van der Waals surface area (Å²) in [7, 11) is -3.15. The number of aromatic nitrogens is 2. The summed E-state index contributed by atoms with van der Waals surface area (Å²) in [4.78, 5) is 3.78. The molecule has 0 radical (unpaired) electrons. The SMILES string of the molecule is CC(C)n1cnc(S(=N)(N)=O)c1. The highest BCUT2D eigenvalue weighted by atomic mass is 32.2. The van der Waals surface area contributed by atoms with E-state index in [1.54, 1.807) is 10.8 Å². The van der Waals surface area contributed by atoms with E-state index in [0.29, 0.717) is 0 Å². The molecule has 1 heterocycles. The number of nitrogens with zero attached hydrogens (tertiary/aromatic N) is 2. The molecule has 1 aromatic heterocycles. The van der Waals surface area contributed by atoms with Crippen LogP contribution >= 0.6 is 0 Å². The molecule has 12 heavy (non-hydrogen) atoms. The molecule has 1 unspecified atom stereocenters. The lowest BCUT2D eigenvalue weighted by molar-refractivity contribution is 0.598. The molecular weight excluding hydrogens is 176 g/mol. The van der Waals surface area contributed by atoms with Crippen LogP contribution in [-0.2, 0) is 9.92 Å². The topological polar surface area (TPSA) is 84.8 Å². The van der Waals surface area contributed by atoms with Crippen LogP contribution in [0.4, 0.5) is 0 Å². The minimum atomic E-state index is -3.15. The van der Waals surface area contributed by atoms with Crippen molar-refractivity contribution in [2.75, 3.05) is 0 Å². The molecule has 1 rings (SSSR count). The standard InChI is InChI=1S/C6H12N4OS/c1-5(2)10-3-6(9-4-10)12(7,8)11/h3-5H,1-2H3,(H3,7,8,11). The molecule has 0 aliphatic rings. The molecule has 0 saturated heterocycles. The maximum atomic E-state index is 11.0. The van der Waals surface area contributed by atoms with Gasteiger partial charge in [0.1, 0.15) is 0 Å². The van der Waals surface area contributed by atoms with Crippen molar-refractivity contribution in [3.63, 3.8) is 0 Å². The normalized spacial score (nSPS) is 16.3. The first kappa shape index (κ1) is 9.21. The Labute approximate surface area is 71.7 Å². The van der Waals surface area contributed by atoms with Gasteiger partial charge in [0.05, 0.1) is 6.33 Å². The van der Waals surface area contributed by atoms with Gasteiger partial charge >= 0.3 is 0 Å². The highest BCUT2D eigenvalue weighted by Gasteiger charge is 2.08. The lowest BCUT2D eigenvalue weighted by Gasteiger charge is -2.03. The van der Waals surface area contributed by atoms with E-state index in [4.69, 9.17) is 9.92 Å². The van der Waals surface area contributed by atoms with Crippen molar-refractivity contribution in [3.05, 3.63) is 12.5 Å². The first-order chi connectivity index (χ1) is 5.41. The predicted octanol–water partition coefficient (Wildman–Crippen LogP) is 0.743. The third kappa shape index (κ3) is 1.83. The summed E-state index contributed by atoms with van der Waals surface area (Å²) in [5.74, 6) is 0. The molecule has 0 spiro atoms. The van der Waals surface area contributed by atoms with E-state index in [9.17, 15) is 4.21 Å². The fourth-order valence-electron chi connectivity index (χ4n) is 0.757. The third-order valence-electron chi connectivity index (χ3n) is 1.48. The van der Waals surface area contributed by atoms with E-state index >= 15 is 0 Å². The van der Waals surface area contributed by atoms with Crippen LogP contribution < -0.4 is 5.14 Å². The first-order valence-electron chi connectivity index (χ1n) is 3.51. The quantitative estimate of drug-likeness (QED) is 0.717. The summed E-state index contributed by atoms with van der Waals surface area (Å²) in [5, 5.41) is 5.22. The number of nitrogens with one attached hydrogen (secondary N) is 1. The number of rotatable bonds is 2. The van der Waals surface area contributed by atoms with Gasteiger partial charge in [-0.2, -0.15) is 0 Å². The zero-order valence-electron chi connectivity index (χ0n) is 7.02. The van der Waals surface area contributed by atoms with E-state index in [0.717, 1.165) is 0 Å². The van der Waals surface area contributed by atoms with Crippen molar-refractivity contribution in [3.8, 4) is 0 Å². The van der Waals surface area contributed by atoms with Crippen molar-refractivity contribution >= 4 is 9.92 Å². The number of hydrogen-bond donors (Lipinski definition) is 2. The highest BCUT2D eigenvalue weighted by molar-refractivity contribution is 7.90. The van der Waals surface area contributed by atoms with Gasteiger partial charge < -0.3 is 4.57 Å². The van der Waals surface area contributed by atoms with Gasteiger partial charge in [-0.1, -0.05) is 0 Å². The van der Waals surface area contributed by atoms with E-state index in [2.05, 4.69) is 4.98 Å². The summed E-state index contributed by atoms with van der Waals surface area (Å²) in [6, 6.07) is 0.244. The molecule has 0 saturated carbocycles. The number of nitrogens with two attached hydrogens (primary N) is 1. The van der Waals surface area contributed by atoms with Gasteiger partial charge in [-0.05, 0) is 13.8 Å². The van der Waals surface area contributed by atoms with Crippen LogP contribution in [0.5, 0.6) is 0 Å². The van der Waals surface area contributed by atoms with Gasteiger partial charge in [0.25, 0.3) is 0 Å². The number of hydrogen-bond acceptors (Lipinski definition) is 3. The maximum Gasteiger partial charge on any atom is 0.167 e. The van der Waals surface area contributed by atoms with Gasteiger partial charge in [-0.3, -0.25) is 0 Å². The van der Waals surface area contributed by atoms with Crippen LogP contribution in [0.2, 0.25) is 0 Å². The summed E-state index contributed by atoms with van der Waals surface area (Å²) < 4.78 is 19.8. The van der Waals surface area contributed by atoms with Crippen LogP contribution in [0.15, 0.2) is 17.6 Å². The van der Waals surface area contributed by atoms with Gasteiger partial charge in [0.2, 0.25) is 0 Å². The van der Waals surface area contributed by atoms with Gasteiger partial charge in [0, 0.05) is 12.2 Å². The molecule has 0 fully saturated rings. The lowest BCUT2D eigenvalue weighted by atomic mass is 10.4. The second-order valence-corrected chi connectivity index (χ2v) is 4.47.